The minimum absolute atomic E-state index is 0.0331. The third-order valence-electron chi connectivity index (χ3n) is 2.92. The summed E-state index contributed by atoms with van der Waals surface area (Å²) in [5.41, 5.74) is 8.16. The first-order valence-corrected chi connectivity index (χ1v) is 5.93. The number of ether oxygens (including phenoxy) is 1. The molecular weight excluding hydrogens is 216 g/mol. The second-order valence-corrected chi connectivity index (χ2v) is 4.48. The molecule has 0 aliphatic carbocycles. The summed E-state index contributed by atoms with van der Waals surface area (Å²) in [4.78, 5) is 11.8. The fourth-order valence-corrected chi connectivity index (χ4v) is 1.99. The summed E-state index contributed by atoms with van der Waals surface area (Å²) < 4.78 is 5.42. The van der Waals surface area contributed by atoms with E-state index in [9.17, 15) is 4.79 Å². The third-order valence-corrected chi connectivity index (χ3v) is 2.92. The van der Waals surface area contributed by atoms with Crippen molar-refractivity contribution in [2.24, 2.45) is 0 Å². The van der Waals surface area contributed by atoms with Crippen LogP contribution in [-0.4, -0.2) is 18.6 Å². The maximum absolute atomic E-state index is 11.8. The Balaban J connectivity index is 1.95. The van der Waals surface area contributed by atoms with Gasteiger partial charge in [-0.15, -0.1) is 0 Å². The monoisotopic (exact) mass is 234 g/mol. The molecule has 0 aromatic heterocycles. The molecule has 1 aliphatic heterocycles. The van der Waals surface area contributed by atoms with E-state index in [0.29, 0.717) is 17.8 Å². The van der Waals surface area contributed by atoms with Gasteiger partial charge in [-0.1, -0.05) is 6.07 Å². The Labute approximate surface area is 101 Å². The summed E-state index contributed by atoms with van der Waals surface area (Å²) in [6, 6.07) is 5.60. The van der Waals surface area contributed by atoms with Crippen molar-refractivity contribution < 1.29 is 9.53 Å². The molecule has 4 heteroatoms. The number of hydrogen-bond donors (Lipinski definition) is 2. The Kier molecular flexibility index (Phi) is 3.64. The van der Waals surface area contributed by atoms with E-state index < -0.39 is 0 Å². The standard InChI is InChI=1S/C13H18N2O2/c1-9-4-5-11(14)12(7-9)15-13(16)8-10-3-2-6-17-10/h4-5,7,10H,2-3,6,8,14H2,1H3,(H,15,16). The van der Waals surface area contributed by atoms with Gasteiger partial charge in [-0.25, -0.2) is 0 Å². The van der Waals surface area contributed by atoms with Crippen LogP contribution < -0.4 is 11.1 Å². The number of anilines is 2. The molecule has 0 saturated carbocycles. The highest BCUT2D eigenvalue weighted by Gasteiger charge is 2.19. The first kappa shape index (κ1) is 11.9. The number of aryl methyl sites for hydroxylation is 1. The molecule has 4 nitrogen and oxygen atoms in total. The lowest BCUT2D eigenvalue weighted by atomic mass is 10.1. The van der Waals surface area contributed by atoms with Gasteiger partial charge in [-0.05, 0) is 37.5 Å². The van der Waals surface area contributed by atoms with Crippen molar-refractivity contribution in [3.05, 3.63) is 23.8 Å². The number of nitrogens with one attached hydrogen (secondary N) is 1. The number of nitrogens with two attached hydrogens (primary N) is 1. The largest absolute Gasteiger partial charge is 0.397 e. The van der Waals surface area contributed by atoms with Gasteiger partial charge >= 0.3 is 0 Å². The summed E-state index contributed by atoms with van der Waals surface area (Å²) in [6.45, 7) is 2.74. The Bertz CT molecular complexity index is 412. The first-order valence-electron chi connectivity index (χ1n) is 5.93. The van der Waals surface area contributed by atoms with Crippen molar-refractivity contribution in [2.45, 2.75) is 32.3 Å². The minimum atomic E-state index is -0.0331. The Morgan fingerprint density at radius 2 is 2.41 bits per heavy atom. The summed E-state index contributed by atoms with van der Waals surface area (Å²) in [7, 11) is 0. The van der Waals surface area contributed by atoms with Crippen LogP contribution in [0.4, 0.5) is 11.4 Å². The van der Waals surface area contributed by atoms with Gasteiger partial charge in [0.05, 0.1) is 23.9 Å². The van der Waals surface area contributed by atoms with Crippen LogP contribution in [0.1, 0.15) is 24.8 Å². The summed E-state index contributed by atoms with van der Waals surface area (Å²) >= 11 is 0. The Hall–Kier alpha value is -1.55. The Morgan fingerprint density at radius 1 is 1.59 bits per heavy atom. The number of rotatable bonds is 3. The van der Waals surface area contributed by atoms with Crippen LogP contribution in [-0.2, 0) is 9.53 Å². The molecule has 3 N–H and O–H groups in total. The second-order valence-electron chi connectivity index (χ2n) is 4.48. The SMILES string of the molecule is Cc1ccc(N)c(NC(=O)CC2CCCO2)c1. The van der Waals surface area contributed by atoms with Crippen LogP contribution in [0.2, 0.25) is 0 Å². The van der Waals surface area contributed by atoms with Crippen molar-refractivity contribution in [1.29, 1.82) is 0 Å². The van der Waals surface area contributed by atoms with E-state index in [4.69, 9.17) is 10.5 Å². The average Bonchev–Trinajstić information content (AvgIpc) is 2.76. The van der Waals surface area contributed by atoms with E-state index >= 15 is 0 Å². The number of amides is 1. The fraction of sp³-hybridized carbons (Fsp3) is 0.462. The molecule has 1 amide bonds. The van der Waals surface area contributed by atoms with Crippen molar-refractivity contribution in [1.82, 2.24) is 0 Å². The van der Waals surface area contributed by atoms with Crippen LogP contribution in [0.3, 0.4) is 0 Å². The molecule has 2 rings (SSSR count). The minimum Gasteiger partial charge on any atom is -0.397 e. The molecule has 1 heterocycles. The number of carbonyl (C=O) groups excluding carboxylic acids is 1. The number of carbonyl (C=O) groups is 1. The van der Waals surface area contributed by atoms with Crippen molar-refractivity contribution in [2.75, 3.05) is 17.7 Å². The fourth-order valence-electron chi connectivity index (χ4n) is 1.99. The zero-order valence-electron chi connectivity index (χ0n) is 10.0. The topological polar surface area (TPSA) is 64.3 Å². The summed E-state index contributed by atoms with van der Waals surface area (Å²) in [6.07, 6.45) is 2.50. The van der Waals surface area contributed by atoms with Crippen LogP contribution >= 0.6 is 0 Å². The van der Waals surface area contributed by atoms with Gasteiger partial charge in [0.15, 0.2) is 0 Å². The molecule has 0 spiro atoms. The highest BCUT2D eigenvalue weighted by Crippen LogP contribution is 2.21. The maximum atomic E-state index is 11.8. The van der Waals surface area contributed by atoms with E-state index in [2.05, 4.69) is 5.32 Å². The van der Waals surface area contributed by atoms with Crippen LogP contribution in [0.5, 0.6) is 0 Å². The van der Waals surface area contributed by atoms with Gasteiger partial charge in [-0.2, -0.15) is 0 Å². The number of nitrogen functional groups attached to an aromatic ring is 1. The lowest BCUT2D eigenvalue weighted by Crippen LogP contribution is -2.19. The van der Waals surface area contributed by atoms with Crippen LogP contribution in [0, 0.1) is 6.92 Å². The molecule has 1 unspecified atom stereocenters. The molecule has 0 radical (unpaired) electrons. The predicted octanol–water partition coefficient (Wildman–Crippen LogP) is 2.08. The third kappa shape index (κ3) is 3.20. The molecule has 0 bridgehead atoms. The van der Waals surface area contributed by atoms with E-state index in [-0.39, 0.29) is 12.0 Å². The van der Waals surface area contributed by atoms with Gasteiger partial charge in [0, 0.05) is 6.61 Å². The van der Waals surface area contributed by atoms with Gasteiger partial charge in [0.1, 0.15) is 0 Å². The van der Waals surface area contributed by atoms with E-state index in [1.54, 1.807) is 6.07 Å². The van der Waals surface area contributed by atoms with Crippen LogP contribution in [0.15, 0.2) is 18.2 Å². The molecule has 1 atom stereocenters. The molecular formula is C13H18N2O2. The molecule has 1 saturated heterocycles. The zero-order chi connectivity index (χ0) is 12.3. The molecule has 1 aliphatic rings. The van der Waals surface area contributed by atoms with E-state index in [0.717, 1.165) is 25.0 Å². The van der Waals surface area contributed by atoms with Gasteiger partial charge in [0.25, 0.3) is 0 Å². The molecule has 17 heavy (non-hydrogen) atoms. The molecule has 1 fully saturated rings. The number of hydrogen-bond acceptors (Lipinski definition) is 3. The van der Waals surface area contributed by atoms with Gasteiger partial charge in [-0.3, -0.25) is 4.79 Å². The lowest BCUT2D eigenvalue weighted by molar-refractivity contribution is -0.118. The first-order chi connectivity index (χ1) is 8.15. The number of benzene rings is 1. The summed E-state index contributed by atoms with van der Waals surface area (Å²) in [5.74, 6) is -0.0331. The quantitative estimate of drug-likeness (QED) is 0.787. The Morgan fingerprint density at radius 3 is 3.12 bits per heavy atom. The van der Waals surface area contributed by atoms with Crippen molar-refractivity contribution in [3.8, 4) is 0 Å². The van der Waals surface area contributed by atoms with E-state index in [1.807, 2.05) is 19.1 Å². The summed E-state index contributed by atoms with van der Waals surface area (Å²) in [5, 5.41) is 2.83. The zero-order valence-corrected chi connectivity index (χ0v) is 10.0. The molecule has 92 valence electrons. The lowest BCUT2D eigenvalue weighted by Gasteiger charge is -2.11. The highest BCUT2D eigenvalue weighted by molar-refractivity contribution is 5.94. The van der Waals surface area contributed by atoms with Gasteiger partial charge in [0.2, 0.25) is 5.91 Å². The molecule has 1 aromatic carbocycles. The second kappa shape index (κ2) is 5.19. The van der Waals surface area contributed by atoms with Crippen LogP contribution in [0.25, 0.3) is 0 Å². The highest BCUT2D eigenvalue weighted by atomic mass is 16.5. The normalized spacial score (nSPS) is 19.2. The average molecular weight is 234 g/mol. The predicted molar refractivity (Wildman–Crippen MR) is 67.8 cm³/mol. The maximum Gasteiger partial charge on any atom is 0.227 e. The molecule has 1 aromatic rings. The van der Waals surface area contributed by atoms with Crippen molar-refractivity contribution >= 4 is 17.3 Å². The van der Waals surface area contributed by atoms with E-state index in [1.165, 1.54) is 0 Å². The smallest absolute Gasteiger partial charge is 0.227 e. The van der Waals surface area contributed by atoms with Crippen molar-refractivity contribution in [3.63, 3.8) is 0 Å². The van der Waals surface area contributed by atoms with Gasteiger partial charge < -0.3 is 15.8 Å².